The zero-order valence-corrected chi connectivity index (χ0v) is 39.1. The molecule has 0 bridgehead atoms. The van der Waals surface area contributed by atoms with Crippen LogP contribution in [0.1, 0.15) is 0 Å². The molecule has 0 N–H and O–H groups in total. The summed E-state index contributed by atoms with van der Waals surface area (Å²) in [5.74, 6) is 0. The van der Waals surface area contributed by atoms with Crippen LogP contribution in [0.4, 0.5) is 0 Å². The van der Waals surface area contributed by atoms with E-state index in [1.165, 1.54) is 87.6 Å². The smallest absolute Gasteiger partial charge is 0.135 e. The van der Waals surface area contributed by atoms with Gasteiger partial charge < -0.3 is 8.83 Å². The molecule has 0 radical (unpaired) electrons. The van der Waals surface area contributed by atoms with Crippen LogP contribution in [-0.2, 0) is 0 Å². The van der Waals surface area contributed by atoms with Crippen molar-refractivity contribution in [2.45, 2.75) is 0 Å². The Morgan fingerprint density at radius 2 is 0.528 bits per heavy atom. The molecule has 334 valence electrons. The molecule has 2 nitrogen and oxygen atoms in total. The molecule has 0 amide bonds. The summed E-state index contributed by atoms with van der Waals surface area (Å²) in [5.41, 5.74) is 17.7. The van der Waals surface area contributed by atoms with E-state index in [1.807, 2.05) is 12.1 Å². The van der Waals surface area contributed by atoms with Crippen LogP contribution in [0.15, 0.2) is 264 Å². The van der Waals surface area contributed by atoms with Gasteiger partial charge in [0.1, 0.15) is 22.3 Å². The Kier molecular flexibility index (Phi) is 8.99. The molecular formula is C70H42O2. The SMILES string of the molecule is c1cc(-c2cccc3ccccc23)cc(-c2c3ccc(-c4ccc5oc6ccccc6c5c4)cc3c(-c3cccc(-c4cccc5ccccc45)c3)c3ccc(-c4ccc5oc6ccccc6c5c4)cc23)c1. The topological polar surface area (TPSA) is 26.3 Å². The van der Waals surface area contributed by atoms with Crippen molar-refractivity contribution in [3.8, 4) is 66.8 Å². The van der Waals surface area contributed by atoms with Gasteiger partial charge in [0.15, 0.2) is 0 Å². The first-order valence-electron chi connectivity index (χ1n) is 24.7. The molecule has 0 saturated carbocycles. The first-order valence-corrected chi connectivity index (χ1v) is 24.7. The zero-order chi connectivity index (χ0) is 47.3. The Balaban J connectivity index is 1.03. The summed E-state index contributed by atoms with van der Waals surface area (Å²) in [5, 5.41) is 14.2. The molecule has 0 spiro atoms. The normalized spacial score (nSPS) is 11.9. The predicted molar refractivity (Wildman–Crippen MR) is 304 cm³/mol. The van der Waals surface area contributed by atoms with Crippen molar-refractivity contribution in [1.29, 1.82) is 0 Å². The van der Waals surface area contributed by atoms with Crippen LogP contribution in [0.2, 0.25) is 0 Å². The molecule has 72 heavy (non-hydrogen) atoms. The van der Waals surface area contributed by atoms with Crippen molar-refractivity contribution in [3.63, 3.8) is 0 Å². The highest BCUT2D eigenvalue weighted by molar-refractivity contribution is 6.23. The van der Waals surface area contributed by atoms with E-state index in [-0.39, 0.29) is 0 Å². The van der Waals surface area contributed by atoms with Gasteiger partial charge in [0.2, 0.25) is 0 Å². The first kappa shape index (κ1) is 40.4. The van der Waals surface area contributed by atoms with Crippen LogP contribution >= 0.6 is 0 Å². The number of benzene rings is 13. The van der Waals surface area contributed by atoms with Gasteiger partial charge in [0.05, 0.1) is 0 Å². The van der Waals surface area contributed by atoms with Crippen LogP contribution in [0, 0.1) is 0 Å². The molecule has 2 aromatic heterocycles. The van der Waals surface area contributed by atoms with Crippen LogP contribution in [0.5, 0.6) is 0 Å². The number of furan rings is 2. The maximum Gasteiger partial charge on any atom is 0.135 e. The Labute approximate surface area is 415 Å². The molecule has 2 heterocycles. The Morgan fingerprint density at radius 3 is 1.00 bits per heavy atom. The number of hydrogen-bond donors (Lipinski definition) is 0. The van der Waals surface area contributed by atoms with Crippen LogP contribution in [0.25, 0.3) is 154 Å². The molecule has 15 rings (SSSR count). The van der Waals surface area contributed by atoms with E-state index in [0.29, 0.717) is 0 Å². The van der Waals surface area contributed by atoms with Crippen LogP contribution in [-0.4, -0.2) is 0 Å². The summed E-state index contributed by atoms with van der Waals surface area (Å²) in [7, 11) is 0. The summed E-state index contributed by atoms with van der Waals surface area (Å²) >= 11 is 0. The fourth-order valence-electron chi connectivity index (χ4n) is 11.7. The van der Waals surface area contributed by atoms with E-state index in [4.69, 9.17) is 8.83 Å². The van der Waals surface area contributed by atoms with Crippen LogP contribution < -0.4 is 0 Å². The lowest BCUT2D eigenvalue weighted by molar-refractivity contribution is 0.668. The summed E-state index contributed by atoms with van der Waals surface area (Å²) < 4.78 is 12.6. The summed E-state index contributed by atoms with van der Waals surface area (Å²) in [6, 6.07) is 93.2. The van der Waals surface area contributed by atoms with E-state index in [9.17, 15) is 0 Å². The second-order valence-electron chi connectivity index (χ2n) is 19.1. The molecule has 0 fully saturated rings. The first-order chi connectivity index (χ1) is 35.7. The average molecular weight is 915 g/mol. The zero-order valence-electron chi connectivity index (χ0n) is 39.1. The van der Waals surface area contributed by atoms with E-state index in [1.54, 1.807) is 0 Å². The van der Waals surface area contributed by atoms with Gasteiger partial charge >= 0.3 is 0 Å². The molecular weight excluding hydrogens is 873 g/mol. The minimum absolute atomic E-state index is 0.891. The van der Waals surface area contributed by atoms with Gasteiger partial charge in [0, 0.05) is 21.5 Å². The third-order valence-corrected chi connectivity index (χ3v) is 15.0. The molecule has 0 unspecified atom stereocenters. The molecule has 13 aromatic carbocycles. The Morgan fingerprint density at radius 1 is 0.181 bits per heavy atom. The highest BCUT2D eigenvalue weighted by atomic mass is 16.3. The standard InChI is InChI=1S/C70H42O2/c1-3-21-53-43(13-1)15-11-25-55(53)49-17-9-19-51(37-49)69-59-33-29-46(48-32-36-68-62(40-48)58-24-6-8-28-66(58)72-68)42-64(59)70(52-20-10-18-50(38-52)56-26-12-16-44-14-2-4-22-54(44)56)60-34-30-45(41-63(60)69)47-31-35-67-61(39-47)57-23-5-7-27-65(57)71-67/h1-42H. The average Bonchev–Trinajstić information content (AvgIpc) is 4.02. The van der Waals surface area contributed by atoms with E-state index in [2.05, 4.69) is 243 Å². The molecule has 2 heteroatoms. The van der Waals surface area contributed by atoms with Crippen molar-refractivity contribution < 1.29 is 8.83 Å². The van der Waals surface area contributed by atoms with Crippen LogP contribution in [0.3, 0.4) is 0 Å². The van der Waals surface area contributed by atoms with Crippen molar-refractivity contribution in [3.05, 3.63) is 255 Å². The minimum atomic E-state index is 0.891. The third-order valence-electron chi connectivity index (χ3n) is 15.0. The fraction of sp³-hybridized carbons (Fsp3) is 0. The van der Waals surface area contributed by atoms with E-state index >= 15 is 0 Å². The summed E-state index contributed by atoms with van der Waals surface area (Å²) in [6.45, 7) is 0. The van der Waals surface area contributed by atoms with Crippen molar-refractivity contribution in [2.24, 2.45) is 0 Å². The van der Waals surface area contributed by atoms with Gasteiger partial charge in [-0.2, -0.15) is 0 Å². The lowest BCUT2D eigenvalue weighted by Crippen LogP contribution is -1.94. The lowest BCUT2D eigenvalue weighted by atomic mass is 9.82. The molecule has 15 aromatic rings. The molecule has 0 aliphatic carbocycles. The second kappa shape index (κ2) is 16.0. The lowest BCUT2D eigenvalue weighted by Gasteiger charge is -2.21. The monoisotopic (exact) mass is 914 g/mol. The number of rotatable bonds is 6. The van der Waals surface area contributed by atoms with Gasteiger partial charge in [-0.15, -0.1) is 0 Å². The quantitative estimate of drug-likeness (QED) is 0.155. The number of fused-ring (bicyclic) bond motifs is 10. The maximum atomic E-state index is 6.32. The Hall–Kier alpha value is -9.50. The molecule has 0 aliphatic rings. The van der Waals surface area contributed by atoms with Gasteiger partial charge in [-0.05, 0) is 171 Å². The predicted octanol–water partition coefficient (Wildman–Crippen LogP) is 20.1. The van der Waals surface area contributed by atoms with Crippen molar-refractivity contribution in [1.82, 2.24) is 0 Å². The summed E-state index contributed by atoms with van der Waals surface area (Å²) in [6.07, 6.45) is 0. The van der Waals surface area contributed by atoms with Gasteiger partial charge in [0.25, 0.3) is 0 Å². The molecule has 0 saturated heterocycles. The van der Waals surface area contributed by atoms with Crippen molar-refractivity contribution >= 4 is 87.0 Å². The number of para-hydroxylation sites is 2. The highest BCUT2D eigenvalue weighted by Crippen LogP contribution is 2.48. The van der Waals surface area contributed by atoms with E-state index in [0.717, 1.165) is 66.1 Å². The van der Waals surface area contributed by atoms with Crippen molar-refractivity contribution in [2.75, 3.05) is 0 Å². The van der Waals surface area contributed by atoms with Gasteiger partial charge in [-0.1, -0.05) is 194 Å². The molecule has 0 atom stereocenters. The second-order valence-corrected chi connectivity index (χ2v) is 19.1. The van der Waals surface area contributed by atoms with Gasteiger partial charge in [-0.25, -0.2) is 0 Å². The fourth-order valence-corrected chi connectivity index (χ4v) is 11.7. The highest BCUT2D eigenvalue weighted by Gasteiger charge is 2.21. The maximum absolute atomic E-state index is 6.32. The largest absolute Gasteiger partial charge is 0.456 e. The van der Waals surface area contributed by atoms with Gasteiger partial charge in [-0.3, -0.25) is 0 Å². The number of hydrogen-bond acceptors (Lipinski definition) is 2. The summed E-state index contributed by atoms with van der Waals surface area (Å²) in [4.78, 5) is 0. The Bertz CT molecular complexity index is 4390. The minimum Gasteiger partial charge on any atom is -0.456 e. The third kappa shape index (κ3) is 6.43. The molecule has 0 aliphatic heterocycles. The van der Waals surface area contributed by atoms with E-state index < -0.39 is 0 Å².